The molecular weight excluding hydrogens is 350 g/mol. The molecule has 0 spiro atoms. The fourth-order valence-electron chi connectivity index (χ4n) is 4.84. The average Bonchev–Trinajstić information content (AvgIpc) is 3.44. The summed E-state index contributed by atoms with van der Waals surface area (Å²) in [5.41, 5.74) is 2.35. The molecule has 3 heterocycles. The molecule has 0 N–H and O–H groups in total. The zero-order chi connectivity index (χ0) is 18.9. The molecule has 28 heavy (non-hydrogen) atoms. The summed E-state index contributed by atoms with van der Waals surface area (Å²) in [6, 6.07) is 9.42. The van der Waals surface area contributed by atoms with Gasteiger partial charge < -0.3 is 13.7 Å². The van der Waals surface area contributed by atoms with Gasteiger partial charge in [-0.2, -0.15) is 0 Å². The number of likely N-dealkylation sites (tertiary alicyclic amines) is 1. The van der Waals surface area contributed by atoms with Crippen molar-refractivity contribution in [1.82, 2.24) is 14.5 Å². The van der Waals surface area contributed by atoms with E-state index in [-0.39, 0.29) is 6.10 Å². The molecule has 5 nitrogen and oxygen atoms in total. The summed E-state index contributed by atoms with van der Waals surface area (Å²) in [7, 11) is 0. The van der Waals surface area contributed by atoms with Crippen molar-refractivity contribution in [3.8, 4) is 5.75 Å². The van der Waals surface area contributed by atoms with E-state index in [2.05, 4.69) is 44.9 Å². The van der Waals surface area contributed by atoms with Crippen LogP contribution in [0.1, 0.15) is 56.2 Å². The molecule has 5 heteroatoms. The van der Waals surface area contributed by atoms with Gasteiger partial charge in [-0.15, -0.1) is 0 Å². The van der Waals surface area contributed by atoms with E-state index in [0.29, 0.717) is 6.04 Å². The first kappa shape index (κ1) is 17.8. The number of fused-ring (bicyclic) bond motifs is 1. The summed E-state index contributed by atoms with van der Waals surface area (Å²) >= 11 is 0. The molecule has 0 atom stereocenters. The van der Waals surface area contributed by atoms with Crippen molar-refractivity contribution in [2.24, 2.45) is 0 Å². The van der Waals surface area contributed by atoms with Gasteiger partial charge in [0.05, 0.1) is 11.2 Å². The Morgan fingerprint density at radius 2 is 1.93 bits per heavy atom. The fraction of sp³-hybridized carbons (Fsp3) is 0.522. The van der Waals surface area contributed by atoms with Gasteiger partial charge in [0.15, 0.2) is 5.89 Å². The Kier molecular flexibility index (Phi) is 4.85. The number of piperidine rings is 1. The molecule has 5 rings (SSSR count). The number of ether oxygens (including phenoxy) is 1. The number of nitrogens with zero attached hydrogens (tertiary/aromatic N) is 3. The second-order valence-electron chi connectivity index (χ2n) is 8.30. The zero-order valence-corrected chi connectivity index (χ0v) is 16.6. The van der Waals surface area contributed by atoms with Crippen molar-refractivity contribution in [2.75, 3.05) is 13.1 Å². The van der Waals surface area contributed by atoms with Crippen LogP contribution in [-0.4, -0.2) is 33.6 Å². The first-order valence-electron chi connectivity index (χ1n) is 10.7. The van der Waals surface area contributed by atoms with Crippen LogP contribution < -0.4 is 4.74 Å². The van der Waals surface area contributed by atoms with Gasteiger partial charge >= 0.3 is 0 Å². The molecule has 2 aliphatic rings. The first-order chi connectivity index (χ1) is 13.8. The molecule has 1 saturated carbocycles. The lowest BCUT2D eigenvalue weighted by Gasteiger charge is -2.31. The number of hydrogen-bond acceptors (Lipinski definition) is 4. The molecule has 1 aromatic carbocycles. The van der Waals surface area contributed by atoms with Crippen LogP contribution >= 0.6 is 0 Å². The standard InChI is InChI=1S/C23H29N3O2/c1-17-24-18(16-27-17)15-25-12-9-20(10-13-25)28-23-8-4-7-22-21(23)11-14-26(22)19-5-2-3-6-19/h4,7-8,11,14,16,19-20H,2-3,5-6,9-10,12-13,15H2,1H3. The Hall–Kier alpha value is -2.27. The molecule has 2 aromatic heterocycles. The number of benzene rings is 1. The van der Waals surface area contributed by atoms with Gasteiger partial charge in [0.2, 0.25) is 0 Å². The monoisotopic (exact) mass is 379 g/mol. The number of aryl methyl sites for hydroxylation is 1. The molecule has 1 aliphatic heterocycles. The second kappa shape index (κ2) is 7.63. The second-order valence-corrected chi connectivity index (χ2v) is 8.30. The van der Waals surface area contributed by atoms with Gasteiger partial charge in [0, 0.05) is 44.2 Å². The summed E-state index contributed by atoms with van der Waals surface area (Å²) in [5, 5.41) is 1.26. The third kappa shape index (κ3) is 3.55. The third-order valence-electron chi connectivity index (χ3n) is 6.32. The molecule has 0 amide bonds. The minimum absolute atomic E-state index is 0.288. The first-order valence-corrected chi connectivity index (χ1v) is 10.7. The SMILES string of the molecule is Cc1nc(CN2CCC(Oc3cccc4c3ccn4C3CCCC3)CC2)co1. The average molecular weight is 380 g/mol. The Balaban J connectivity index is 1.24. The van der Waals surface area contributed by atoms with E-state index in [1.807, 2.05) is 6.92 Å². The normalized spacial score (nSPS) is 19.6. The summed E-state index contributed by atoms with van der Waals surface area (Å²) in [6.45, 7) is 4.83. The van der Waals surface area contributed by atoms with E-state index in [9.17, 15) is 0 Å². The highest BCUT2D eigenvalue weighted by Crippen LogP contribution is 2.36. The van der Waals surface area contributed by atoms with Crippen molar-refractivity contribution in [1.29, 1.82) is 0 Å². The van der Waals surface area contributed by atoms with Crippen LogP contribution in [0.4, 0.5) is 0 Å². The van der Waals surface area contributed by atoms with E-state index in [4.69, 9.17) is 9.15 Å². The number of aromatic nitrogens is 2. The Morgan fingerprint density at radius 1 is 1.11 bits per heavy atom. The third-order valence-corrected chi connectivity index (χ3v) is 6.32. The predicted octanol–water partition coefficient (Wildman–Crippen LogP) is 5.10. The minimum Gasteiger partial charge on any atom is -0.490 e. The molecule has 1 aliphatic carbocycles. The summed E-state index contributed by atoms with van der Waals surface area (Å²) in [6.07, 6.45) is 11.7. The van der Waals surface area contributed by atoms with E-state index >= 15 is 0 Å². The highest BCUT2D eigenvalue weighted by molar-refractivity contribution is 5.86. The van der Waals surface area contributed by atoms with Gasteiger partial charge in [0.1, 0.15) is 18.1 Å². The highest BCUT2D eigenvalue weighted by Gasteiger charge is 2.23. The van der Waals surface area contributed by atoms with Crippen molar-refractivity contribution in [2.45, 2.75) is 64.1 Å². The Labute approximate surface area is 166 Å². The Bertz CT molecular complexity index is 930. The lowest BCUT2D eigenvalue weighted by molar-refractivity contribution is 0.0973. The van der Waals surface area contributed by atoms with Crippen LogP contribution in [0.25, 0.3) is 10.9 Å². The van der Waals surface area contributed by atoms with Crippen molar-refractivity contribution in [3.05, 3.63) is 48.3 Å². The van der Waals surface area contributed by atoms with Crippen molar-refractivity contribution >= 4 is 10.9 Å². The molecule has 0 bridgehead atoms. The fourth-order valence-corrected chi connectivity index (χ4v) is 4.84. The topological polar surface area (TPSA) is 43.4 Å². The van der Waals surface area contributed by atoms with Crippen LogP contribution in [0.3, 0.4) is 0 Å². The van der Waals surface area contributed by atoms with Crippen molar-refractivity contribution in [3.63, 3.8) is 0 Å². The molecular formula is C23H29N3O2. The summed E-state index contributed by atoms with van der Waals surface area (Å²) in [5.74, 6) is 1.78. The van der Waals surface area contributed by atoms with E-state index in [0.717, 1.165) is 49.8 Å². The van der Waals surface area contributed by atoms with Gasteiger partial charge in [-0.25, -0.2) is 4.98 Å². The highest BCUT2D eigenvalue weighted by atomic mass is 16.5. The van der Waals surface area contributed by atoms with Gasteiger partial charge in [-0.3, -0.25) is 4.90 Å². The molecule has 0 unspecified atom stereocenters. The lowest BCUT2D eigenvalue weighted by Crippen LogP contribution is -2.37. The molecule has 0 radical (unpaired) electrons. The van der Waals surface area contributed by atoms with Crippen LogP contribution in [0.5, 0.6) is 5.75 Å². The molecule has 2 fully saturated rings. The van der Waals surface area contributed by atoms with Crippen LogP contribution in [0.15, 0.2) is 41.1 Å². The maximum Gasteiger partial charge on any atom is 0.191 e. The molecule has 3 aromatic rings. The van der Waals surface area contributed by atoms with Crippen LogP contribution in [0.2, 0.25) is 0 Å². The maximum absolute atomic E-state index is 6.47. The van der Waals surface area contributed by atoms with Crippen LogP contribution in [-0.2, 0) is 6.54 Å². The van der Waals surface area contributed by atoms with Gasteiger partial charge in [-0.05, 0) is 43.9 Å². The molecule has 148 valence electrons. The largest absolute Gasteiger partial charge is 0.490 e. The zero-order valence-electron chi connectivity index (χ0n) is 16.6. The predicted molar refractivity (Wildman–Crippen MR) is 110 cm³/mol. The number of hydrogen-bond donors (Lipinski definition) is 0. The van der Waals surface area contributed by atoms with Gasteiger partial charge in [0.25, 0.3) is 0 Å². The van der Waals surface area contributed by atoms with E-state index in [1.54, 1.807) is 6.26 Å². The van der Waals surface area contributed by atoms with Gasteiger partial charge in [-0.1, -0.05) is 18.9 Å². The quantitative estimate of drug-likeness (QED) is 0.619. The Morgan fingerprint density at radius 3 is 2.68 bits per heavy atom. The number of rotatable bonds is 5. The van der Waals surface area contributed by atoms with Crippen LogP contribution in [0, 0.1) is 6.92 Å². The van der Waals surface area contributed by atoms with Crippen molar-refractivity contribution < 1.29 is 9.15 Å². The minimum atomic E-state index is 0.288. The maximum atomic E-state index is 6.47. The summed E-state index contributed by atoms with van der Waals surface area (Å²) in [4.78, 5) is 6.86. The van der Waals surface area contributed by atoms with E-state index < -0.39 is 0 Å². The number of oxazole rings is 1. The van der Waals surface area contributed by atoms with E-state index in [1.165, 1.54) is 36.6 Å². The summed E-state index contributed by atoms with van der Waals surface area (Å²) < 4.78 is 14.3. The molecule has 1 saturated heterocycles. The lowest BCUT2D eigenvalue weighted by atomic mass is 10.1. The smallest absolute Gasteiger partial charge is 0.191 e.